The fraction of sp³-hybridized carbons (Fsp3) is 0.310. The van der Waals surface area contributed by atoms with Crippen LogP contribution in [-0.4, -0.2) is 18.3 Å². The smallest absolute Gasteiger partial charge is 0.201 e. The van der Waals surface area contributed by atoms with E-state index in [4.69, 9.17) is 9.47 Å². The van der Waals surface area contributed by atoms with E-state index in [1.807, 2.05) is 6.08 Å². The number of hydrogen-bond acceptors (Lipinski definition) is 3. The molecule has 0 heterocycles. The van der Waals surface area contributed by atoms with Crippen LogP contribution in [0.5, 0.6) is 11.5 Å². The molecule has 1 N–H and O–H groups in total. The van der Waals surface area contributed by atoms with Crippen molar-refractivity contribution in [3.8, 4) is 22.6 Å². The van der Waals surface area contributed by atoms with Crippen LogP contribution in [-0.2, 0) is 0 Å². The van der Waals surface area contributed by atoms with Gasteiger partial charge in [0.2, 0.25) is 11.6 Å². The molecular formula is C29H27F5O3. The third-order valence-electron chi connectivity index (χ3n) is 6.50. The quantitative estimate of drug-likeness (QED) is 0.310. The summed E-state index contributed by atoms with van der Waals surface area (Å²) < 4.78 is 82.6. The number of hydrogen-bond donors (Lipinski definition) is 1. The van der Waals surface area contributed by atoms with Gasteiger partial charge >= 0.3 is 0 Å². The van der Waals surface area contributed by atoms with Crippen LogP contribution in [0.4, 0.5) is 22.0 Å². The van der Waals surface area contributed by atoms with E-state index in [2.05, 4.69) is 0 Å². The highest BCUT2D eigenvalue weighted by Crippen LogP contribution is 2.36. The normalized spacial score (nSPS) is 16.3. The van der Waals surface area contributed by atoms with Crippen LogP contribution in [0.25, 0.3) is 16.7 Å². The Morgan fingerprint density at radius 3 is 2.19 bits per heavy atom. The Bertz CT molecular complexity index is 1320. The number of aliphatic hydroxyl groups excluding tert-OH is 1. The molecule has 196 valence electrons. The van der Waals surface area contributed by atoms with E-state index in [9.17, 15) is 27.1 Å². The predicted molar refractivity (Wildman–Crippen MR) is 131 cm³/mol. The van der Waals surface area contributed by atoms with E-state index in [0.29, 0.717) is 24.8 Å². The summed E-state index contributed by atoms with van der Waals surface area (Å²) in [5.41, 5.74) is 1.16. The van der Waals surface area contributed by atoms with E-state index in [1.54, 1.807) is 13.0 Å². The van der Waals surface area contributed by atoms with E-state index in [1.165, 1.54) is 43.3 Å². The number of benzene rings is 3. The summed E-state index contributed by atoms with van der Waals surface area (Å²) in [6.07, 6.45) is 2.69. The first-order valence-corrected chi connectivity index (χ1v) is 12.1. The lowest BCUT2D eigenvalue weighted by molar-refractivity contribution is 0.190. The van der Waals surface area contributed by atoms with Gasteiger partial charge in [0, 0.05) is 16.7 Å². The molecule has 4 rings (SSSR count). The monoisotopic (exact) mass is 518 g/mol. The molecule has 0 radical (unpaired) electrons. The molecule has 3 aromatic rings. The highest BCUT2D eigenvalue weighted by molar-refractivity contribution is 5.72. The zero-order valence-corrected chi connectivity index (χ0v) is 20.5. The van der Waals surface area contributed by atoms with E-state index in [0.717, 1.165) is 5.57 Å². The Morgan fingerprint density at radius 1 is 0.865 bits per heavy atom. The van der Waals surface area contributed by atoms with Gasteiger partial charge in [-0.15, -0.1) is 0 Å². The van der Waals surface area contributed by atoms with Crippen LogP contribution in [0.3, 0.4) is 0 Å². The zero-order chi connectivity index (χ0) is 26.7. The molecular weight excluding hydrogens is 491 g/mol. The molecule has 0 saturated carbocycles. The lowest BCUT2D eigenvalue weighted by Crippen LogP contribution is -2.15. The Kier molecular flexibility index (Phi) is 8.17. The molecule has 0 bridgehead atoms. The van der Waals surface area contributed by atoms with Gasteiger partial charge in [-0.1, -0.05) is 18.2 Å². The van der Waals surface area contributed by atoms with Gasteiger partial charge in [-0.2, -0.15) is 8.78 Å². The van der Waals surface area contributed by atoms with E-state index < -0.39 is 35.2 Å². The van der Waals surface area contributed by atoms with Crippen molar-refractivity contribution >= 4 is 5.57 Å². The first-order valence-electron chi connectivity index (χ1n) is 12.1. The molecule has 2 unspecified atom stereocenters. The van der Waals surface area contributed by atoms with Crippen molar-refractivity contribution < 1.29 is 36.5 Å². The predicted octanol–water partition coefficient (Wildman–Crippen LogP) is 7.76. The van der Waals surface area contributed by atoms with E-state index in [-0.39, 0.29) is 47.3 Å². The Hall–Kier alpha value is -3.39. The van der Waals surface area contributed by atoms with Crippen molar-refractivity contribution in [2.45, 2.75) is 39.2 Å². The summed E-state index contributed by atoms with van der Waals surface area (Å²) in [5, 5.41) is 9.50. The molecule has 37 heavy (non-hydrogen) atoms. The molecule has 3 aromatic carbocycles. The first-order chi connectivity index (χ1) is 17.7. The van der Waals surface area contributed by atoms with Gasteiger partial charge in [0.1, 0.15) is 5.82 Å². The lowest BCUT2D eigenvalue weighted by atomic mass is 9.86. The molecule has 1 aliphatic carbocycles. The molecule has 0 spiro atoms. The summed E-state index contributed by atoms with van der Waals surface area (Å²) in [6, 6.07) is 9.55. The van der Waals surface area contributed by atoms with Crippen molar-refractivity contribution in [1.82, 2.24) is 0 Å². The molecule has 0 aromatic heterocycles. The maximum Gasteiger partial charge on any atom is 0.201 e. The van der Waals surface area contributed by atoms with Crippen LogP contribution in [0.15, 0.2) is 48.5 Å². The SMILES string of the molecule is CCOc1ccc(-c2ccc(C3=CCC(COc4ccc(C(C)O)c(F)c4F)CC3)cc2F)c(F)c1F. The zero-order valence-electron chi connectivity index (χ0n) is 20.5. The summed E-state index contributed by atoms with van der Waals surface area (Å²) in [6.45, 7) is 3.34. The van der Waals surface area contributed by atoms with Gasteiger partial charge in [0.15, 0.2) is 23.1 Å². The van der Waals surface area contributed by atoms with Crippen LogP contribution in [0, 0.1) is 35.0 Å². The van der Waals surface area contributed by atoms with Crippen molar-refractivity contribution in [3.05, 3.63) is 88.8 Å². The van der Waals surface area contributed by atoms with Crippen LogP contribution >= 0.6 is 0 Å². The van der Waals surface area contributed by atoms with Gasteiger partial charge < -0.3 is 14.6 Å². The summed E-state index contributed by atoms with van der Waals surface area (Å²) in [5.74, 6) is -5.66. The molecule has 0 amide bonds. The number of aliphatic hydroxyl groups is 1. The average molecular weight is 519 g/mol. The standard InChI is InChI=1S/C29H27F5O3/c1-3-36-24-13-11-22(27(32)28(24)33)21-9-8-19(14-23(21)30)18-6-4-17(5-7-18)15-37-25-12-10-20(16(2)35)26(31)29(25)34/h6,8-14,16-17,35H,3-5,7,15H2,1-2H3. The third-order valence-corrected chi connectivity index (χ3v) is 6.50. The minimum Gasteiger partial charge on any atom is -0.491 e. The fourth-order valence-electron chi connectivity index (χ4n) is 4.43. The van der Waals surface area contributed by atoms with Crippen LogP contribution in [0.1, 0.15) is 50.3 Å². The minimum absolute atomic E-state index is 0.0488. The molecule has 0 aliphatic heterocycles. The highest BCUT2D eigenvalue weighted by atomic mass is 19.2. The van der Waals surface area contributed by atoms with Crippen LogP contribution in [0.2, 0.25) is 0 Å². The van der Waals surface area contributed by atoms with E-state index >= 15 is 0 Å². The van der Waals surface area contributed by atoms with Crippen molar-refractivity contribution in [2.24, 2.45) is 5.92 Å². The van der Waals surface area contributed by atoms with Gasteiger partial charge in [0.05, 0.1) is 19.3 Å². The number of rotatable bonds is 8. The Morgan fingerprint density at radius 2 is 1.54 bits per heavy atom. The fourth-order valence-corrected chi connectivity index (χ4v) is 4.43. The molecule has 8 heteroatoms. The van der Waals surface area contributed by atoms with Gasteiger partial charge in [0.25, 0.3) is 0 Å². The molecule has 0 saturated heterocycles. The number of halogens is 5. The third kappa shape index (κ3) is 5.64. The Balaban J connectivity index is 1.43. The largest absolute Gasteiger partial charge is 0.491 e. The second-order valence-electron chi connectivity index (χ2n) is 9.00. The van der Waals surface area contributed by atoms with Gasteiger partial charge in [-0.25, -0.2) is 13.2 Å². The number of ether oxygens (including phenoxy) is 2. The lowest BCUT2D eigenvalue weighted by Gasteiger charge is -2.23. The van der Waals surface area contributed by atoms with Crippen molar-refractivity contribution in [1.29, 1.82) is 0 Å². The maximum atomic E-state index is 14.9. The van der Waals surface area contributed by atoms with Crippen molar-refractivity contribution in [3.63, 3.8) is 0 Å². The summed E-state index contributed by atoms with van der Waals surface area (Å²) in [4.78, 5) is 0. The Labute approximate surface area is 212 Å². The summed E-state index contributed by atoms with van der Waals surface area (Å²) >= 11 is 0. The highest BCUT2D eigenvalue weighted by Gasteiger charge is 2.22. The molecule has 1 aliphatic rings. The van der Waals surface area contributed by atoms with Gasteiger partial charge in [-0.3, -0.25) is 0 Å². The summed E-state index contributed by atoms with van der Waals surface area (Å²) in [7, 11) is 0. The molecule has 2 atom stereocenters. The molecule has 0 fully saturated rings. The second kappa shape index (κ2) is 11.3. The van der Waals surface area contributed by atoms with Crippen molar-refractivity contribution in [2.75, 3.05) is 13.2 Å². The molecule has 3 nitrogen and oxygen atoms in total. The topological polar surface area (TPSA) is 38.7 Å². The van der Waals surface area contributed by atoms with Crippen LogP contribution < -0.4 is 9.47 Å². The first kappa shape index (κ1) is 26.7. The van der Waals surface area contributed by atoms with Gasteiger partial charge in [-0.05, 0) is 80.5 Å². The minimum atomic E-state index is -1.17. The number of allylic oxidation sites excluding steroid dienone is 2. The second-order valence-corrected chi connectivity index (χ2v) is 9.00. The maximum absolute atomic E-state index is 14.9. The average Bonchev–Trinajstić information content (AvgIpc) is 2.88.